The molecule has 0 N–H and O–H groups in total. The third kappa shape index (κ3) is 2.70. The van der Waals surface area contributed by atoms with Crippen molar-refractivity contribution in [1.82, 2.24) is 19.3 Å². The van der Waals surface area contributed by atoms with Gasteiger partial charge in [-0.15, -0.1) is 0 Å². The molecule has 0 fully saturated rings. The van der Waals surface area contributed by atoms with Gasteiger partial charge in [-0.3, -0.25) is 14.0 Å². The summed E-state index contributed by atoms with van der Waals surface area (Å²) in [5, 5.41) is 4.31. The van der Waals surface area contributed by atoms with Crippen molar-refractivity contribution in [3.63, 3.8) is 0 Å². The second-order valence-electron chi connectivity index (χ2n) is 3.97. The van der Waals surface area contributed by atoms with Crippen LogP contribution in [0.4, 0.5) is 0 Å². The molecule has 0 radical (unpaired) electrons. The summed E-state index contributed by atoms with van der Waals surface area (Å²) in [4.78, 5) is 15.8. The highest BCUT2D eigenvalue weighted by atomic mass is 79.9. The van der Waals surface area contributed by atoms with Gasteiger partial charge in [-0.25, -0.2) is 4.98 Å². The van der Waals surface area contributed by atoms with Crippen molar-refractivity contribution in [3.8, 4) is 0 Å². The monoisotopic (exact) mass is 364 g/mol. The second-order valence-corrected chi connectivity index (χ2v) is 5.50. The molecule has 0 amide bonds. The Morgan fingerprint density at radius 3 is 2.68 bits per heavy atom. The minimum absolute atomic E-state index is 0.0150. The van der Waals surface area contributed by atoms with Gasteiger partial charge in [0.05, 0.1) is 28.7 Å². The quantitative estimate of drug-likeness (QED) is 0.785. The molecule has 2 aromatic heterocycles. The molecular formula is C11H11BrCl2N4O. The van der Waals surface area contributed by atoms with E-state index >= 15 is 0 Å². The van der Waals surface area contributed by atoms with Crippen LogP contribution in [0.5, 0.6) is 0 Å². The summed E-state index contributed by atoms with van der Waals surface area (Å²) in [5.74, 6) is 0. The molecule has 0 bridgehead atoms. The topological polar surface area (TPSA) is 52.7 Å². The van der Waals surface area contributed by atoms with E-state index in [1.807, 2.05) is 14.0 Å². The molecule has 5 nitrogen and oxygen atoms in total. The fraction of sp³-hybridized carbons (Fsp3) is 0.364. The highest BCUT2D eigenvalue weighted by Crippen LogP contribution is 2.22. The normalized spacial score (nSPS) is 11.0. The summed E-state index contributed by atoms with van der Waals surface area (Å²) in [6, 6.07) is 0. The average Bonchev–Trinajstić information content (AvgIpc) is 2.66. The van der Waals surface area contributed by atoms with E-state index in [4.69, 9.17) is 23.2 Å². The zero-order valence-corrected chi connectivity index (χ0v) is 13.4. The molecule has 0 aliphatic rings. The number of aryl methyl sites for hydroxylation is 2. The summed E-state index contributed by atoms with van der Waals surface area (Å²) < 4.78 is 4.03. The lowest BCUT2D eigenvalue weighted by atomic mass is 10.3. The molecule has 0 spiro atoms. The van der Waals surface area contributed by atoms with Crippen LogP contribution >= 0.6 is 39.1 Å². The van der Waals surface area contributed by atoms with Gasteiger partial charge in [-0.1, -0.05) is 30.1 Å². The van der Waals surface area contributed by atoms with Crippen molar-refractivity contribution in [2.24, 2.45) is 7.05 Å². The predicted octanol–water partition coefficient (Wildman–Crippen LogP) is 2.66. The molecule has 2 rings (SSSR count). The van der Waals surface area contributed by atoms with Crippen molar-refractivity contribution in [2.45, 2.75) is 19.9 Å². The smallest absolute Gasteiger partial charge is 0.274 e. The fourth-order valence-corrected chi connectivity index (χ4v) is 2.73. The van der Waals surface area contributed by atoms with Gasteiger partial charge in [0.25, 0.3) is 5.56 Å². The van der Waals surface area contributed by atoms with E-state index in [2.05, 4.69) is 26.0 Å². The van der Waals surface area contributed by atoms with Crippen LogP contribution in [-0.4, -0.2) is 19.3 Å². The molecule has 8 heteroatoms. The Morgan fingerprint density at radius 2 is 2.11 bits per heavy atom. The summed E-state index contributed by atoms with van der Waals surface area (Å²) >= 11 is 15.0. The van der Waals surface area contributed by atoms with Gasteiger partial charge in [-0.2, -0.15) is 5.10 Å². The largest absolute Gasteiger partial charge is 0.292 e. The molecule has 0 saturated carbocycles. The van der Waals surface area contributed by atoms with Crippen molar-refractivity contribution in [3.05, 3.63) is 42.7 Å². The number of rotatable bonds is 3. The van der Waals surface area contributed by atoms with Gasteiger partial charge in [0, 0.05) is 7.05 Å². The lowest BCUT2D eigenvalue weighted by Gasteiger charge is -2.07. The molecule has 2 heterocycles. The zero-order chi connectivity index (χ0) is 14.2. The van der Waals surface area contributed by atoms with Crippen LogP contribution in [0.2, 0.25) is 10.2 Å². The lowest BCUT2D eigenvalue weighted by Crippen LogP contribution is -2.22. The molecule has 19 heavy (non-hydrogen) atoms. The Hall–Kier alpha value is -0.850. The minimum Gasteiger partial charge on any atom is -0.292 e. The summed E-state index contributed by atoms with van der Waals surface area (Å²) in [6.07, 6.45) is 2.19. The maximum Gasteiger partial charge on any atom is 0.274 e. The number of hydrogen-bond acceptors (Lipinski definition) is 3. The van der Waals surface area contributed by atoms with Crippen molar-refractivity contribution in [2.75, 3.05) is 0 Å². The number of hydrogen-bond donors (Lipinski definition) is 0. The molecule has 0 aliphatic heterocycles. The predicted molar refractivity (Wildman–Crippen MR) is 77.9 cm³/mol. The Kier molecular flexibility index (Phi) is 4.32. The molecule has 0 saturated heterocycles. The summed E-state index contributed by atoms with van der Waals surface area (Å²) in [5.41, 5.74) is 1.45. The first-order valence-electron chi connectivity index (χ1n) is 5.56. The first-order valence-corrected chi connectivity index (χ1v) is 7.11. The van der Waals surface area contributed by atoms with Crippen LogP contribution < -0.4 is 5.56 Å². The fourth-order valence-electron chi connectivity index (χ4n) is 1.71. The first-order chi connectivity index (χ1) is 8.95. The van der Waals surface area contributed by atoms with Gasteiger partial charge in [0.2, 0.25) is 0 Å². The van der Waals surface area contributed by atoms with E-state index in [0.29, 0.717) is 6.54 Å². The number of aromatic nitrogens is 4. The van der Waals surface area contributed by atoms with Crippen LogP contribution in [0.1, 0.15) is 18.3 Å². The van der Waals surface area contributed by atoms with E-state index in [1.165, 1.54) is 10.9 Å². The van der Waals surface area contributed by atoms with Gasteiger partial charge < -0.3 is 0 Å². The Morgan fingerprint density at radius 1 is 1.42 bits per heavy atom. The van der Waals surface area contributed by atoms with E-state index < -0.39 is 0 Å². The Bertz CT molecular complexity index is 680. The average molecular weight is 366 g/mol. The van der Waals surface area contributed by atoms with Gasteiger partial charge in [0.1, 0.15) is 5.02 Å². The molecule has 0 aliphatic carbocycles. The van der Waals surface area contributed by atoms with Crippen LogP contribution in [-0.2, 0) is 20.0 Å². The molecule has 0 atom stereocenters. The molecule has 2 aromatic rings. The summed E-state index contributed by atoms with van der Waals surface area (Å²) in [6.45, 7) is 2.34. The molecular weight excluding hydrogens is 355 g/mol. The van der Waals surface area contributed by atoms with Crippen LogP contribution in [0.25, 0.3) is 0 Å². The zero-order valence-electron chi connectivity index (χ0n) is 10.3. The summed E-state index contributed by atoms with van der Waals surface area (Å²) in [7, 11) is 1.83. The van der Waals surface area contributed by atoms with Gasteiger partial charge in [-0.05, 0) is 22.4 Å². The highest BCUT2D eigenvalue weighted by Gasteiger charge is 2.15. The van der Waals surface area contributed by atoms with Crippen LogP contribution in [0.3, 0.4) is 0 Å². The maximum atomic E-state index is 12.0. The Balaban J connectivity index is 2.45. The van der Waals surface area contributed by atoms with Gasteiger partial charge in [0.15, 0.2) is 5.15 Å². The van der Waals surface area contributed by atoms with E-state index in [0.717, 1.165) is 22.3 Å². The Labute approximate surface area is 128 Å². The molecule has 0 unspecified atom stereocenters. The minimum atomic E-state index is -0.368. The van der Waals surface area contributed by atoms with E-state index in [-0.39, 0.29) is 15.7 Å². The third-order valence-corrected chi connectivity index (χ3v) is 4.40. The number of halogens is 3. The van der Waals surface area contributed by atoms with Crippen molar-refractivity contribution in [1.29, 1.82) is 0 Å². The maximum absolute atomic E-state index is 12.0. The van der Waals surface area contributed by atoms with E-state index in [9.17, 15) is 4.79 Å². The first kappa shape index (κ1) is 14.6. The SMILES string of the molecule is CCc1nn(C)c(Cn2cnc(Cl)c(Cl)c2=O)c1Br. The van der Waals surface area contributed by atoms with Gasteiger partial charge >= 0.3 is 0 Å². The third-order valence-electron chi connectivity index (χ3n) is 2.76. The molecule has 102 valence electrons. The van der Waals surface area contributed by atoms with Crippen LogP contribution in [0, 0.1) is 0 Å². The molecule has 0 aromatic carbocycles. The van der Waals surface area contributed by atoms with Crippen molar-refractivity contribution < 1.29 is 0 Å². The lowest BCUT2D eigenvalue weighted by molar-refractivity contribution is 0.640. The second kappa shape index (κ2) is 5.64. The van der Waals surface area contributed by atoms with Crippen molar-refractivity contribution >= 4 is 39.1 Å². The van der Waals surface area contributed by atoms with E-state index in [1.54, 1.807) is 4.68 Å². The standard InChI is InChI=1S/C11H11BrCl2N4O/c1-3-6-8(12)7(17(2)16-6)4-18-5-15-10(14)9(13)11(18)19/h5H,3-4H2,1-2H3. The highest BCUT2D eigenvalue weighted by molar-refractivity contribution is 9.10. The van der Waals surface area contributed by atoms with Crippen LogP contribution in [0.15, 0.2) is 15.6 Å². The number of nitrogens with zero attached hydrogens (tertiary/aromatic N) is 4.